The lowest BCUT2D eigenvalue weighted by atomic mass is 10.2. The molecular formula is C10H9ClN2S. The fraction of sp³-hybridized carbons (Fsp3) is 0.100. The second kappa shape index (κ2) is 3.59. The van der Waals surface area contributed by atoms with E-state index in [2.05, 4.69) is 18.0 Å². The van der Waals surface area contributed by atoms with Crippen LogP contribution < -0.4 is 5.73 Å². The standard InChI is InChI=1S/C10H9ClN2S/c1-6-2-3-9(14-6)10-8(12)4-7(11)5-13-10/h2-5H,12H2,1H3. The summed E-state index contributed by atoms with van der Waals surface area (Å²) in [5.74, 6) is 0. The molecule has 0 aromatic carbocycles. The summed E-state index contributed by atoms with van der Waals surface area (Å²) >= 11 is 7.45. The molecule has 0 fully saturated rings. The summed E-state index contributed by atoms with van der Waals surface area (Å²) in [5, 5.41) is 0.569. The van der Waals surface area contributed by atoms with E-state index in [1.54, 1.807) is 23.6 Å². The van der Waals surface area contributed by atoms with Gasteiger partial charge in [-0.05, 0) is 25.1 Å². The highest BCUT2D eigenvalue weighted by atomic mass is 35.5. The molecule has 2 rings (SSSR count). The van der Waals surface area contributed by atoms with Crippen LogP contribution in [0, 0.1) is 6.92 Å². The Balaban J connectivity index is 2.52. The van der Waals surface area contributed by atoms with Crippen molar-refractivity contribution in [1.82, 2.24) is 4.98 Å². The lowest BCUT2D eigenvalue weighted by Gasteiger charge is -2.01. The van der Waals surface area contributed by atoms with Crippen molar-refractivity contribution in [3.63, 3.8) is 0 Å². The number of nitrogen functional groups attached to an aromatic ring is 1. The number of pyridine rings is 1. The van der Waals surface area contributed by atoms with Crippen LogP contribution >= 0.6 is 22.9 Å². The molecule has 0 bridgehead atoms. The fourth-order valence-electron chi connectivity index (χ4n) is 1.22. The van der Waals surface area contributed by atoms with E-state index in [1.807, 2.05) is 6.07 Å². The molecular weight excluding hydrogens is 216 g/mol. The van der Waals surface area contributed by atoms with Gasteiger partial charge in [-0.2, -0.15) is 0 Å². The molecule has 2 N–H and O–H groups in total. The van der Waals surface area contributed by atoms with Gasteiger partial charge in [0.25, 0.3) is 0 Å². The van der Waals surface area contributed by atoms with Gasteiger partial charge in [0.05, 0.1) is 15.6 Å². The monoisotopic (exact) mass is 224 g/mol. The second-order valence-electron chi connectivity index (χ2n) is 3.00. The van der Waals surface area contributed by atoms with Crippen LogP contribution in [0.1, 0.15) is 4.88 Å². The number of halogens is 1. The number of rotatable bonds is 1. The predicted molar refractivity (Wildman–Crippen MR) is 61.7 cm³/mol. The Hall–Kier alpha value is -1.06. The molecule has 0 spiro atoms. The molecule has 0 aliphatic heterocycles. The van der Waals surface area contributed by atoms with Gasteiger partial charge >= 0.3 is 0 Å². The quantitative estimate of drug-likeness (QED) is 0.807. The van der Waals surface area contributed by atoms with Crippen molar-refractivity contribution in [1.29, 1.82) is 0 Å². The molecule has 4 heteroatoms. The van der Waals surface area contributed by atoms with Crippen molar-refractivity contribution in [2.75, 3.05) is 5.73 Å². The molecule has 2 aromatic rings. The van der Waals surface area contributed by atoms with Gasteiger partial charge in [-0.1, -0.05) is 11.6 Å². The number of anilines is 1. The first-order chi connectivity index (χ1) is 6.66. The van der Waals surface area contributed by atoms with E-state index < -0.39 is 0 Å². The SMILES string of the molecule is Cc1ccc(-c2ncc(Cl)cc2N)s1. The lowest BCUT2D eigenvalue weighted by molar-refractivity contribution is 1.34. The van der Waals surface area contributed by atoms with Crippen LogP contribution in [-0.2, 0) is 0 Å². The Kier molecular flexibility index (Phi) is 2.44. The summed E-state index contributed by atoms with van der Waals surface area (Å²) in [6.07, 6.45) is 1.61. The van der Waals surface area contributed by atoms with Crippen molar-refractivity contribution >= 4 is 28.6 Å². The van der Waals surface area contributed by atoms with Gasteiger partial charge in [-0.15, -0.1) is 11.3 Å². The zero-order valence-electron chi connectivity index (χ0n) is 7.62. The third-order valence-corrected chi connectivity index (χ3v) is 3.07. The number of nitrogens with zero attached hydrogens (tertiary/aromatic N) is 1. The number of thiophene rings is 1. The maximum absolute atomic E-state index is 5.82. The summed E-state index contributed by atoms with van der Waals surface area (Å²) in [4.78, 5) is 6.54. The minimum absolute atomic E-state index is 0.569. The molecule has 0 aliphatic rings. The highest BCUT2D eigenvalue weighted by Crippen LogP contribution is 2.31. The Morgan fingerprint density at radius 3 is 2.79 bits per heavy atom. The number of nitrogens with two attached hydrogens (primary N) is 1. The summed E-state index contributed by atoms with van der Waals surface area (Å²) in [6, 6.07) is 5.79. The molecule has 0 saturated heterocycles. The summed E-state index contributed by atoms with van der Waals surface area (Å²) in [6.45, 7) is 2.06. The second-order valence-corrected chi connectivity index (χ2v) is 4.73. The zero-order valence-corrected chi connectivity index (χ0v) is 9.19. The van der Waals surface area contributed by atoms with E-state index >= 15 is 0 Å². The van der Waals surface area contributed by atoms with Crippen molar-refractivity contribution in [3.05, 3.63) is 34.3 Å². The minimum Gasteiger partial charge on any atom is -0.397 e. The van der Waals surface area contributed by atoms with Crippen LogP contribution in [0.25, 0.3) is 10.6 Å². The first-order valence-corrected chi connectivity index (χ1v) is 5.34. The Morgan fingerprint density at radius 1 is 1.43 bits per heavy atom. The van der Waals surface area contributed by atoms with Crippen LogP contribution in [0.3, 0.4) is 0 Å². The Labute approximate surface area is 91.4 Å². The lowest BCUT2D eigenvalue weighted by Crippen LogP contribution is -1.91. The Morgan fingerprint density at radius 2 is 2.21 bits per heavy atom. The Bertz CT molecular complexity index is 465. The van der Waals surface area contributed by atoms with E-state index in [0.29, 0.717) is 10.7 Å². The third-order valence-electron chi connectivity index (χ3n) is 1.86. The smallest absolute Gasteiger partial charge is 0.103 e. The van der Waals surface area contributed by atoms with E-state index in [4.69, 9.17) is 17.3 Å². The van der Waals surface area contributed by atoms with Gasteiger partial charge < -0.3 is 5.73 Å². The molecule has 72 valence electrons. The maximum atomic E-state index is 5.82. The normalized spacial score (nSPS) is 10.4. The number of hydrogen-bond donors (Lipinski definition) is 1. The van der Waals surface area contributed by atoms with Gasteiger partial charge in [0.2, 0.25) is 0 Å². The average molecular weight is 225 g/mol. The largest absolute Gasteiger partial charge is 0.397 e. The first kappa shape index (κ1) is 9.49. The molecule has 0 saturated carbocycles. The van der Waals surface area contributed by atoms with Crippen molar-refractivity contribution in [2.24, 2.45) is 0 Å². The van der Waals surface area contributed by atoms with Gasteiger partial charge in [-0.3, -0.25) is 4.98 Å². The van der Waals surface area contributed by atoms with Crippen LogP contribution in [-0.4, -0.2) is 4.98 Å². The molecule has 0 amide bonds. The molecule has 2 heterocycles. The summed E-state index contributed by atoms with van der Waals surface area (Å²) in [5.41, 5.74) is 7.26. The fourth-order valence-corrected chi connectivity index (χ4v) is 2.28. The first-order valence-electron chi connectivity index (χ1n) is 4.14. The van der Waals surface area contributed by atoms with E-state index in [9.17, 15) is 0 Å². The minimum atomic E-state index is 0.569. The van der Waals surface area contributed by atoms with Crippen LogP contribution in [0.4, 0.5) is 5.69 Å². The average Bonchev–Trinajstić information content (AvgIpc) is 2.51. The van der Waals surface area contributed by atoms with Crippen LogP contribution in [0.5, 0.6) is 0 Å². The molecule has 0 radical (unpaired) electrons. The predicted octanol–water partition coefficient (Wildman–Crippen LogP) is 3.35. The molecule has 2 aromatic heterocycles. The molecule has 14 heavy (non-hydrogen) atoms. The molecule has 2 nitrogen and oxygen atoms in total. The summed E-state index contributed by atoms with van der Waals surface area (Å²) in [7, 11) is 0. The summed E-state index contributed by atoms with van der Waals surface area (Å²) < 4.78 is 0. The molecule has 0 unspecified atom stereocenters. The van der Waals surface area contributed by atoms with Gasteiger partial charge in [-0.25, -0.2) is 0 Å². The highest BCUT2D eigenvalue weighted by Gasteiger charge is 2.06. The highest BCUT2D eigenvalue weighted by molar-refractivity contribution is 7.15. The van der Waals surface area contributed by atoms with Crippen LogP contribution in [0.15, 0.2) is 24.4 Å². The van der Waals surface area contributed by atoms with Crippen LogP contribution in [0.2, 0.25) is 5.02 Å². The molecule has 0 aliphatic carbocycles. The van der Waals surface area contributed by atoms with Gasteiger partial charge in [0, 0.05) is 11.1 Å². The maximum Gasteiger partial charge on any atom is 0.103 e. The zero-order chi connectivity index (χ0) is 10.1. The number of aryl methyl sites for hydroxylation is 1. The number of aromatic nitrogens is 1. The van der Waals surface area contributed by atoms with Gasteiger partial charge in [0.15, 0.2) is 0 Å². The molecule has 0 atom stereocenters. The topological polar surface area (TPSA) is 38.9 Å². The van der Waals surface area contributed by atoms with Crippen molar-refractivity contribution in [3.8, 4) is 10.6 Å². The van der Waals surface area contributed by atoms with Crippen molar-refractivity contribution < 1.29 is 0 Å². The van der Waals surface area contributed by atoms with Crippen molar-refractivity contribution in [2.45, 2.75) is 6.92 Å². The van der Waals surface area contributed by atoms with E-state index in [1.165, 1.54) is 4.88 Å². The van der Waals surface area contributed by atoms with E-state index in [-0.39, 0.29) is 0 Å². The number of hydrogen-bond acceptors (Lipinski definition) is 3. The third kappa shape index (κ3) is 1.74. The van der Waals surface area contributed by atoms with E-state index in [0.717, 1.165) is 10.6 Å². The van der Waals surface area contributed by atoms with Gasteiger partial charge in [0.1, 0.15) is 5.69 Å².